The minimum Gasteiger partial charge on any atom is -0.508 e. The molecule has 98 valence electrons. The quantitative estimate of drug-likeness (QED) is 0.744. The van der Waals surface area contributed by atoms with E-state index in [1.807, 2.05) is 0 Å². The van der Waals surface area contributed by atoms with Crippen molar-refractivity contribution in [1.29, 1.82) is 0 Å². The molecule has 0 amide bonds. The first-order valence-corrected chi connectivity index (χ1v) is 5.88. The van der Waals surface area contributed by atoms with Crippen molar-refractivity contribution in [2.75, 3.05) is 6.54 Å². The largest absolute Gasteiger partial charge is 0.508 e. The molecule has 1 aromatic carbocycles. The minimum atomic E-state index is 0.206. The molecule has 0 atom stereocenters. The third-order valence-electron chi connectivity index (χ3n) is 2.56. The van der Waals surface area contributed by atoms with Crippen molar-refractivity contribution in [3.05, 3.63) is 53.4 Å². The van der Waals surface area contributed by atoms with E-state index in [0.29, 0.717) is 29.5 Å². The fraction of sp³-hybridized carbons (Fsp3) is 0.143. The second-order valence-corrected chi connectivity index (χ2v) is 4.26. The van der Waals surface area contributed by atoms with Crippen LogP contribution in [0.15, 0.2) is 57.8 Å². The minimum absolute atomic E-state index is 0.206. The maximum Gasteiger partial charge on any atom is 0.155 e. The van der Waals surface area contributed by atoms with E-state index in [-0.39, 0.29) is 5.75 Å². The van der Waals surface area contributed by atoms with Crippen LogP contribution in [0.25, 0.3) is 0 Å². The van der Waals surface area contributed by atoms with Crippen molar-refractivity contribution in [3.8, 4) is 5.75 Å². The highest BCUT2D eigenvalue weighted by molar-refractivity contribution is 6.17. The van der Waals surface area contributed by atoms with Crippen LogP contribution in [0.5, 0.6) is 5.75 Å². The van der Waals surface area contributed by atoms with Crippen molar-refractivity contribution in [2.24, 2.45) is 21.5 Å². The molecule has 5 N–H and O–H groups in total. The molecule has 5 heteroatoms. The average molecular weight is 256 g/mol. The van der Waals surface area contributed by atoms with Crippen LogP contribution < -0.4 is 11.5 Å². The smallest absolute Gasteiger partial charge is 0.155 e. The number of amidine groups is 1. The first kappa shape index (κ1) is 12.9. The second-order valence-electron chi connectivity index (χ2n) is 4.26. The molecule has 19 heavy (non-hydrogen) atoms. The number of nitrogens with two attached hydrogens (primary N) is 2. The number of nitrogens with zero attached hydrogens (tertiary/aromatic N) is 2. The summed E-state index contributed by atoms with van der Waals surface area (Å²) >= 11 is 0. The lowest BCUT2D eigenvalue weighted by Gasteiger charge is -2.03. The van der Waals surface area contributed by atoms with Gasteiger partial charge in [0.2, 0.25) is 0 Å². The van der Waals surface area contributed by atoms with Crippen LogP contribution in [0.4, 0.5) is 0 Å². The number of aliphatic imine (C=N–C) groups is 2. The second kappa shape index (κ2) is 5.39. The fourth-order valence-corrected chi connectivity index (χ4v) is 1.65. The van der Waals surface area contributed by atoms with E-state index < -0.39 is 0 Å². The molecule has 5 nitrogen and oxygen atoms in total. The van der Waals surface area contributed by atoms with E-state index in [0.717, 1.165) is 5.56 Å². The van der Waals surface area contributed by atoms with E-state index >= 15 is 0 Å². The van der Waals surface area contributed by atoms with Crippen LogP contribution in [-0.2, 0) is 0 Å². The van der Waals surface area contributed by atoms with Crippen LogP contribution in [0.2, 0.25) is 0 Å². The Morgan fingerprint density at radius 1 is 1.32 bits per heavy atom. The third kappa shape index (κ3) is 3.22. The fourth-order valence-electron chi connectivity index (χ4n) is 1.65. The molecule has 1 aromatic rings. The number of rotatable bonds is 2. The monoisotopic (exact) mass is 256 g/mol. The molecule has 0 saturated carbocycles. The number of phenolic OH excluding ortho intramolecular Hbond substituents is 1. The molecule has 0 saturated heterocycles. The SMILES string of the molecule is C/C(N)=C/C1=NC(c2ccc(O)cc2)=NCC=C1N. The average Bonchev–Trinajstić information content (AvgIpc) is 2.53. The molecule has 0 unspecified atom stereocenters. The van der Waals surface area contributed by atoms with Crippen LogP contribution in [0.1, 0.15) is 12.5 Å². The van der Waals surface area contributed by atoms with E-state index in [9.17, 15) is 5.11 Å². The highest BCUT2D eigenvalue weighted by atomic mass is 16.3. The van der Waals surface area contributed by atoms with Crippen molar-refractivity contribution < 1.29 is 5.11 Å². The predicted molar refractivity (Wildman–Crippen MR) is 77.2 cm³/mol. The topological polar surface area (TPSA) is 97.0 Å². The zero-order valence-corrected chi connectivity index (χ0v) is 10.7. The van der Waals surface area contributed by atoms with Crippen LogP contribution in [0.3, 0.4) is 0 Å². The van der Waals surface area contributed by atoms with Crippen molar-refractivity contribution in [1.82, 2.24) is 0 Å². The van der Waals surface area contributed by atoms with Gasteiger partial charge in [-0.1, -0.05) is 0 Å². The van der Waals surface area contributed by atoms with Crippen LogP contribution >= 0.6 is 0 Å². The lowest BCUT2D eigenvalue weighted by atomic mass is 10.2. The lowest BCUT2D eigenvalue weighted by Crippen LogP contribution is -2.12. The summed E-state index contributed by atoms with van der Waals surface area (Å²) < 4.78 is 0. The Balaban J connectivity index is 2.41. The summed E-state index contributed by atoms with van der Waals surface area (Å²) in [6, 6.07) is 6.71. The van der Waals surface area contributed by atoms with E-state index in [2.05, 4.69) is 9.98 Å². The standard InChI is InChI=1S/C14H16N4O/c1-9(15)8-13-12(16)6-7-17-14(18-13)10-2-4-11(19)5-3-10/h2-6,8,19H,7,15-16H2,1H3/b9-8-. The van der Waals surface area contributed by atoms with Gasteiger partial charge in [0.1, 0.15) is 5.75 Å². The molecule has 0 fully saturated rings. The van der Waals surface area contributed by atoms with Crippen molar-refractivity contribution in [2.45, 2.75) is 6.92 Å². The Morgan fingerprint density at radius 3 is 2.63 bits per heavy atom. The number of aromatic hydroxyl groups is 1. The lowest BCUT2D eigenvalue weighted by molar-refractivity contribution is 0.475. The molecule has 1 aliphatic heterocycles. The molecule has 2 rings (SSSR count). The molecule has 0 radical (unpaired) electrons. The third-order valence-corrected chi connectivity index (χ3v) is 2.56. The number of allylic oxidation sites excluding steroid dienone is 2. The Bertz CT molecular complexity index is 590. The van der Waals surface area contributed by atoms with Gasteiger partial charge in [0, 0.05) is 11.3 Å². The van der Waals surface area contributed by atoms with Crippen LogP contribution in [0, 0.1) is 0 Å². The van der Waals surface area contributed by atoms with Gasteiger partial charge in [0.05, 0.1) is 18.0 Å². The van der Waals surface area contributed by atoms with Gasteiger partial charge in [-0.05, 0) is 43.3 Å². The molecular formula is C14H16N4O. The van der Waals surface area contributed by atoms with E-state index in [1.165, 1.54) is 0 Å². The number of hydrogen-bond acceptors (Lipinski definition) is 5. The maximum absolute atomic E-state index is 9.29. The summed E-state index contributed by atoms with van der Waals surface area (Å²) in [5, 5.41) is 9.29. The molecule has 0 aliphatic carbocycles. The van der Waals surface area contributed by atoms with Gasteiger partial charge in [-0.3, -0.25) is 4.99 Å². The Morgan fingerprint density at radius 2 is 2.00 bits per heavy atom. The number of phenols is 1. The Kier molecular flexibility index (Phi) is 3.66. The molecule has 0 spiro atoms. The number of hydrogen-bond donors (Lipinski definition) is 3. The zero-order chi connectivity index (χ0) is 13.8. The summed E-state index contributed by atoms with van der Waals surface area (Å²) in [5.74, 6) is 0.779. The summed E-state index contributed by atoms with van der Waals surface area (Å²) in [6.07, 6.45) is 3.51. The summed E-state index contributed by atoms with van der Waals surface area (Å²) in [7, 11) is 0. The molecule has 1 heterocycles. The predicted octanol–water partition coefficient (Wildman–Crippen LogP) is 1.30. The van der Waals surface area contributed by atoms with Gasteiger partial charge in [0.25, 0.3) is 0 Å². The highest BCUT2D eigenvalue weighted by Crippen LogP contribution is 2.13. The first-order chi connectivity index (χ1) is 9.06. The molecule has 0 bridgehead atoms. The number of benzene rings is 1. The summed E-state index contributed by atoms with van der Waals surface area (Å²) in [6.45, 7) is 2.24. The van der Waals surface area contributed by atoms with Gasteiger partial charge in [-0.25, -0.2) is 4.99 Å². The van der Waals surface area contributed by atoms with E-state index in [1.54, 1.807) is 43.3 Å². The zero-order valence-electron chi connectivity index (χ0n) is 10.7. The van der Waals surface area contributed by atoms with Crippen LogP contribution in [-0.4, -0.2) is 23.2 Å². The highest BCUT2D eigenvalue weighted by Gasteiger charge is 2.09. The maximum atomic E-state index is 9.29. The Labute approximate surface area is 111 Å². The first-order valence-electron chi connectivity index (χ1n) is 5.88. The van der Waals surface area contributed by atoms with Crippen molar-refractivity contribution in [3.63, 3.8) is 0 Å². The Hall–Kier alpha value is -2.56. The summed E-state index contributed by atoms with van der Waals surface area (Å²) in [4.78, 5) is 8.78. The van der Waals surface area contributed by atoms with Crippen molar-refractivity contribution >= 4 is 11.5 Å². The normalized spacial score (nSPS) is 16.3. The van der Waals surface area contributed by atoms with Gasteiger partial charge in [-0.15, -0.1) is 0 Å². The molecule has 1 aliphatic rings. The molecular weight excluding hydrogens is 240 g/mol. The summed E-state index contributed by atoms with van der Waals surface area (Å²) in [5.41, 5.74) is 14.2. The molecule has 0 aromatic heterocycles. The van der Waals surface area contributed by atoms with Gasteiger partial charge >= 0.3 is 0 Å². The van der Waals surface area contributed by atoms with Gasteiger partial charge in [-0.2, -0.15) is 0 Å². The van der Waals surface area contributed by atoms with Gasteiger partial charge < -0.3 is 16.6 Å². The van der Waals surface area contributed by atoms with E-state index in [4.69, 9.17) is 11.5 Å². The van der Waals surface area contributed by atoms with Gasteiger partial charge in [0.15, 0.2) is 5.84 Å².